The average molecular weight is 374 g/mol. The van der Waals surface area contributed by atoms with Gasteiger partial charge in [-0.3, -0.25) is 4.79 Å². The molecule has 28 heavy (non-hydrogen) atoms. The number of ether oxygens (including phenoxy) is 1. The van der Waals surface area contributed by atoms with Crippen molar-refractivity contribution in [3.63, 3.8) is 0 Å². The third-order valence-corrected chi connectivity index (χ3v) is 3.98. The van der Waals surface area contributed by atoms with Gasteiger partial charge in [0.2, 0.25) is 11.8 Å². The van der Waals surface area contributed by atoms with Gasteiger partial charge in [0.1, 0.15) is 5.75 Å². The number of para-hydroxylation sites is 1. The quantitative estimate of drug-likeness (QED) is 0.529. The van der Waals surface area contributed by atoms with Crippen LogP contribution in [0.5, 0.6) is 5.75 Å². The van der Waals surface area contributed by atoms with Crippen molar-refractivity contribution in [2.75, 3.05) is 11.9 Å². The Morgan fingerprint density at radius 3 is 2.46 bits per heavy atom. The second-order valence-electron chi connectivity index (χ2n) is 5.98. The summed E-state index contributed by atoms with van der Waals surface area (Å²) in [6.45, 7) is 0.342. The average Bonchev–Trinajstić information content (AvgIpc) is 3.42. The van der Waals surface area contributed by atoms with E-state index in [-0.39, 0.29) is 12.5 Å². The second-order valence-corrected chi connectivity index (χ2v) is 5.98. The fourth-order valence-corrected chi connectivity index (χ4v) is 2.61. The van der Waals surface area contributed by atoms with Crippen LogP contribution in [0.25, 0.3) is 11.6 Å². The fraction of sp³-hybridized carbons (Fsp3) is 0.0952. The van der Waals surface area contributed by atoms with E-state index in [2.05, 4.69) is 15.4 Å². The van der Waals surface area contributed by atoms with Crippen molar-refractivity contribution < 1.29 is 13.9 Å². The van der Waals surface area contributed by atoms with Crippen molar-refractivity contribution in [3.05, 3.63) is 84.6 Å². The largest absolute Gasteiger partial charge is 0.484 e. The summed E-state index contributed by atoms with van der Waals surface area (Å²) in [7, 11) is 0. The lowest BCUT2D eigenvalue weighted by atomic mass is 10.2. The Kier molecular flexibility index (Phi) is 5.15. The maximum absolute atomic E-state index is 12.7. The number of anilines is 1. The number of hydrogen-bond donors (Lipinski definition) is 1. The van der Waals surface area contributed by atoms with Crippen molar-refractivity contribution in [2.45, 2.75) is 6.54 Å². The van der Waals surface area contributed by atoms with E-state index in [1.165, 1.54) is 10.9 Å². The van der Waals surface area contributed by atoms with Crippen LogP contribution in [0.1, 0.15) is 10.4 Å². The van der Waals surface area contributed by atoms with Crippen LogP contribution in [-0.4, -0.2) is 27.3 Å². The van der Waals surface area contributed by atoms with E-state index in [1.807, 2.05) is 48.5 Å². The maximum Gasteiger partial charge on any atom is 0.287 e. The van der Waals surface area contributed by atoms with Crippen molar-refractivity contribution in [3.8, 4) is 17.3 Å². The van der Waals surface area contributed by atoms with E-state index in [1.54, 1.807) is 24.3 Å². The van der Waals surface area contributed by atoms with Gasteiger partial charge in [0.25, 0.3) is 5.91 Å². The normalized spacial score (nSPS) is 10.6. The molecule has 2 aromatic heterocycles. The molecular weight excluding hydrogens is 356 g/mol. The molecule has 1 N–H and O–H groups in total. The molecule has 7 heteroatoms. The summed E-state index contributed by atoms with van der Waals surface area (Å²) in [6, 6.07) is 22.5. The first kappa shape index (κ1) is 17.5. The van der Waals surface area contributed by atoms with Crippen molar-refractivity contribution in [1.82, 2.24) is 14.8 Å². The number of carbonyl (C=O) groups is 1. The van der Waals surface area contributed by atoms with E-state index in [0.717, 1.165) is 5.56 Å². The van der Waals surface area contributed by atoms with Crippen molar-refractivity contribution in [1.29, 1.82) is 0 Å². The zero-order valence-electron chi connectivity index (χ0n) is 15.0. The number of nitrogens with one attached hydrogen (secondary N) is 1. The summed E-state index contributed by atoms with van der Waals surface area (Å²) >= 11 is 0. The molecule has 0 radical (unpaired) electrons. The van der Waals surface area contributed by atoms with Crippen LogP contribution in [0, 0.1) is 0 Å². The number of benzene rings is 2. The Labute approximate surface area is 161 Å². The van der Waals surface area contributed by atoms with E-state index in [9.17, 15) is 4.79 Å². The molecule has 0 amide bonds. The number of aromatic nitrogens is 3. The van der Waals surface area contributed by atoms with Crippen LogP contribution in [0.2, 0.25) is 0 Å². The van der Waals surface area contributed by atoms with Crippen molar-refractivity contribution >= 4 is 11.9 Å². The summed E-state index contributed by atoms with van der Waals surface area (Å²) in [5, 5.41) is 7.46. The monoisotopic (exact) mass is 374 g/mol. The minimum absolute atomic E-state index is 0.162. The second kappa shape index (κ2) is 8.22. The number of hydrogen-bond acceptors (Lipinski definition) is 6. The van der Waals surface area contributed by atoms with Gasteiger partial charge in [0.15, 0.2) is 12.4 Å². The predicted octanol–water partition coefficient (Wildman–Crippen LogP) is 3.87. The van der Waals surface area contributed by atoms with Crippen LogP contribution in [0.15, 0.2) is 83.5 Å². The van der Waals surface area contributed by atoms with E-state index < -0.39 is 0 Å². The topological polar surface area (TPSA) is 82.2 Å². The standard InChI is InChI=1S/C21H18N4O3/c26-19(15-28-17-10-5-2-6-11-17)25-21(22-14-16-8-3-1-4-9-16)23-20(24-25)18-12-7-13-27-18/h1-13H,14-15H2,(H,22,23,24). The molecule has 0 bridgehead atoms. The minimum atomic E-state index is -0.343. The highest BCUT2D eigenvalue weighted by atomic mass is 16.5. The highest BCUT2D eigenvalue weighted by Gasteiger charge is 2.19. The molecule has 0 aliphatic carbocycles. The highest BCUT2D eigenvalue weighted by molar-refractivity contribution is 5.82. The van der Waals surface area contributed by atoms with Gasteiger partial charge in [-0.25, -0.2) is 0 Å². The van der Waals surface area contributed by atoms with E-state index in [4.69, 9.17) is 9.15 Å². The first-order valence-corrected chi connectivity index (χ1v) is 8.79. The van der Waals surface area contributed by atoms with Gasteiger partial charge in [-0.1, -0.05) is 48.5 Å². The lowest BCUT2D eigenvalue weighted by Gasteiger charge is -2.08. The molecule has 0 saturated carbocycles. The smallest absolute Gasteiger partial charge is 0.287 e. The first-order chi connectivity index (χ1) is 13.8. The Bertz CT molecular complexity index is 1030. The molecule has 0 aliphatic heterocycles. The third-order valence-electron chi connectivity index (χ3n) is 3.98. The van der Waals surface area contributed by atoms with Gasteiger partial charge in [-0.2, -0.15) is 9.67 Å². The zero-order chi connectivity index (χ0) is 19.2. The Morgan fingerprint density at radius 1 is 1.00 bits per heavy atom. The molecule has 0 spiro atoms. The number of nitrogens with zero attached hydrogens (tertiary/aromatic N) is 3. The highest BCUT2D eigenvalue weighted by Crippen LogP contribution is 2.19. The fourth-order valence-electron chi connectivity index (χ4n) is 2.61. The molecule has 4 rings (SSSR count). The summed E-state index contributed by atoms with van der Waals surface area (Å²) in [5.74, 6) is 1.41. The summed E-state index contributed by atoms with van der Waals surface area (Å²) in [6.07, 6.45) is 1.54. The molecule has 0 unspecified atom stereocenters. The van der Waals surface area contributed by atoms with E-state index in [0.29, 0.717) is 29.8 Å². The third kappa shape index (κ3) is 4.09. The van der Waals surface area contributed by atoms with E-state index >= 15 is 0 Å². The van der Waals surface area contributed by atoms with Crippen LogP contribution in [0.4, 0.5) is 5.95 Å². The lowest BCUT2D eigenvalue weighted by molar-refractivity contribution is 0.0824. The molecule has 2 aromatic carbocycles. The van der Waals surface area contributed by atoms with Gasteiger partial charge in [0, 0.05) is 6.54 Å². The summed E-state index contributed by atoms with van der Waals surface area (Å²) in [4.78, 5) is 17.1. The minimum Gasteiger partial charge on any atom is -0.484 e. The molecule has 4 aromatic rings. The van der Waals surface area contributed by atoms with Gasteiger partial charge >= 0.3 is 0 Å². The van der Waals surface area contributed by atoms with Crippen LogP contribution < -0.4 is 10.1 Å². The van der Waals surface area contributed by atoms with Gasteiger partial charge in [0.05, 0.1) is 6.26 Å². The molecule has 0 fully saturated rings. The van der Waals surface area contributed by atoms with Gasteiger partial charge < -0.3 is 14.5 Å². The number of rotatable bonds is 7. The number of carbonyl (C=O) groups excluding carboxylic acids is 1. The number of furan rings is 1. The SMILES string of the molecule is O=C(COc1ccccc1)n1nc(-c2ccco2)nc1NCc1ccccc1. The first-order valence-electron chi connectivity index (χ1n) is 8.79. The molecule has 140 valence electrons. The summed E-state index contributed by atoms with van der Waals surface area (Å²) in [5.41, 5.74) is 1.06. The van der Waals surface area contributed by atoms with Gasteiger partial charge in [-0.15, -0.1) is 5.10 Å². The Morgan fingerprint density at radius 2 is 1.75 bits per heavy atom. The summed E-state index contributed by atoms with van der Waals surface area (Å²) < 4.78 is 12.1. The molecule has 2 heterocycles. The van der Waals surface area contributed by atoms with Crippen molar-refractivity contribution in [2.24, 2.45) is 0 Å². The lowest BCUT2D eigenvalue weighted by Crippen LogP contribution is -2.22. The predicted molar refractivity (Wildman–Crippen MR) is 104 cm³/mol. The van der Waals surface area contributed by atoms with Crippen LogP contribution in [-0.2, 0) is 6.54 Å². The Balaban J connectivity index is 1.54. The Hall–Kier alpha value is -3.87. The molecule has 0 saturated heterocycles. The molecule has 7 nitrogen and oxygen atoms in total. The maximum atomic E-state index is 12.7. The van der Waals surface area contributed by atoms with Crippen LogP contribution in [0.3, 0.4) is 0 Å². The molecule has 0 atom stereocenters. The molecule has 0 aliphatic rings. The van der Waals surface area contributed by atoms with Crippen LogP contribution >= 0.6 is 0 Å². The molecular formula is C21H18N4O3. The zero-order valence-corrected chi connectivity index (χ0v) is 15.0. The van der Waals surface area contributed by atoms with Gasteiger partial charge in [-0.05, 0) is 29.8 Å².